The van der Waals surface area contributed by atoms with Crippen molar-refractivity contribution in [2.45, 2.75) is 25.3 Å². The monoisotopic (exact) mass is 392 g/mol. The number of nitrogens with zero attached hydrogens (tertiary/aromatic N) is 3. The quantitative estimate of drug-likeness (QED) is 0.809. The number of aryl methyl sites for hydroxylation is 2. The zero-order valence-corrected chi connectivity index (χ0v) is 14.8. The van der Waals surface area contributed by atoms with E-state index < -0.39 is 10.0 Å². The van der Waals surface area contributed by atoms with Gasteiger partial charge in [-0.25, -0.2) is 18.1 Å². The van der Waals surface area contributed by atoms with Gasteiger partial charge in [0.25, 0.3) is 0 Å². The number of sulfonamides is 1. The zero-order chi connectivity index (χ0) is 15.8. The smallest absolute Gasteiger partial charge is 0.243 e. The summed E-state index contributed by atoms with van der Waals surface area (Å²) in [6, 6.07) is 1.42. The van der Waals surface area contributed by atoms with Gasteiger partial charge < -0.3 is 0 Å². The maximum Gasteiger partial charge on any atom is 0.243 e. The van der Waals surface area contributed by atoms with Crippen LogP contribution < -0.4 is 4.72 Å². The van der Waals surface area contributed by atoms with Crippen LogP contribution in [0.1, 0.15) is 17.0 Å². The summed E-state index contributed by atoms with van der Waals surface area (Å²) in [5.41, 5.74) is 2.55. The van der Waals surface area contributed by atoms with Crippen LogP contribution in [0.2, 0.25) is 5.15 Å². The van der Waals surface area contributed by atoms with E-state index in [0.717, 1.165) is 17.0 Å². The van der Waals surface area contributed by atoms with Gasteiger partial charge in [-0.3, -0.25) is 4.68 Å². The summed E-state index contributed by atoms with van der Waals surface area (Å²) in [7, 11) is -1.93. The molecule has 1 N–H and O–H groups in total. The van der Waals surface area contributed by atoms with Crippen LogP contribution in [0.25, 0.3) is 0 Å². The van der Waals surface area contributed by atoms with Crippen LogP contribution in [0, 0.1) is 13.8 Å². The maximum absolute atomic E-state index is 12.3. The molecule has 0 aliphatic heterocycles. The standard InChI is InChI=1S/C12H14BrClN4O2S/c1-7-10(8(2)18(3)17-7)6-16-21(19,20)11-4-9(13)5-15-12(11)14/h4-5,16H,6H2,1-3H3. The van der Waals surface area contributed by atoms with Gasteiger partial charge in [-0.05, 0) is 35.8 Å². The first-order chi connectivity index (χ1) is 9.72. The van der Waals surface area contributed by atoms with Gasteiger partial charge in [0, 0.05) is 35.5 Å². The van der Waals surface area contributed by atoms with Gasteiger partial charge in [0.05, 0.1) is 5.69 Å². The molecule has 2 aromatic heterocycles. The van der Waals surface area contributed by atoms with Gasteiger partial charge in [0.1, 0.15) is 10.0 Å². The number of hydrogen-bond donors (Lipinski definition) is 1. The third-order valence-electron chi connectivity index (χ3n) is 3.16. The first kappa shape index (κ1) is 16.4. The molecule has 6 nitrogen and oxygen atoms in total. The Morgan fingerprint density at radius 1 is 1.43 bits per heavy atom. The molecule has 0 atom stereocenters. The maximum atomic E-state index is 12.3. The summed E-state index contributed by atoms with van der Waals surface area (Å²) in [5.74, 6) is 0. The van der Waals surface area contributed by atoms with Gasteiger partial charge >= 0.3 is 0 Å². The SMILES string of the molecule is Cc1nn(C)c(C)c1CNS(=O)(=O)c1cc(Br)cnc1Cl. The molecule has 0 amide bonds. The highest BCUT2D eigenvalue weighted by atomic mass is 79.9. The highest BCUT2D eigenvalue weighted by Crippen LogP contribution is 2.23. The van der Waals surface area contributed by atoms with Crippen LogP contribution in [-0.4, -0.2) is 23.2 Å². The summed E-state index contributed by atoms with van der Waals surface area (Å²) in [5, 5.41) is 4.19. The van der Waals surface area contributed by atoms with E-state index in [0.29, 0.717) is 4.47 Å². The van der Waals surface area contributed by atoms with Crippen molar-refractivity contribution in [1.29, 1.82) is 0 Å². The normalized spacial score (nSPS) is 11.9. The lowest BCUT2D eigenvalue weighted by atomic mass is 10.2. The van der Waals surface area contributed by atoms with E-state index in [1.807, 2.05) is 20.9 Å². The van der Waals surface area contributed by atoms with Crippen molar-refractivity contribution in [3.63, 3.8) is 0 Å². The molecule has 0 aliphatic rings. The van der Waals surface area contributed by atoms with Gasteiger partial charge in [0.2, 0.25) is 10.0 Å². The van der Waals surface area contributed by atoms with E-state index >= 15 is 0 Å². The van der Waals surface area contributed by atoms with Crippen molar-refractivity contribution in [3.05, 3.63) is 38.8 Å². The molecule has 0 bridgehead atoms. The molecule has 114 valence electrons. The summed E-state index contributed by atoms with van der Waals surface area (Å²) < 4.78 is 29.4. The lowest BCUT2D eigenvalue weighted by Gasteiger charge is -2.08. The first-order valence-corrected chi connectivity index (χ1v) is 8.67. The molecule has 0 unspecified atom stereocenters. The molecule has 0 radical (unpaired) electrons. The minimum atomic E-state index is -3.75. The molecule has 21 heavy (non-hydrogen) atoms. The van der Waals surface area contributed by atoms with E-state index in [4.69, 9.17) is 11.6 Å². The number of halogens is 2. The van der Waals surface area contributed by atoms with Crippen molar-refractivity contribution < 1.29 is 8.42 Å². The van der Waals surface area contributed by atoms with Crippen LogP contribution in [-0.2, 0) is 23.6 Å². The summed E-state index contributed by atoms with van der Waals surface area (Å²) in [4.78, 5) is 3.76. The van der Waals surface area contributed by atoms with Crippen LogP contribution in [0.5, 0.6) is 0 Å². The van der Waals surface area contributed by atoms with Crippen molar-refractivity contribution in [2.75, 3.05) is 0 Å². The Hall–Kier alpha value is -0.960. The number of aromatic nitrogens is 3. The molecule has 0 saturated carbocycles. The van der Waals surface area contributed by atoms with E-state index in [-0.39, 0.29) is 16.6 Å². The van der Waals surface area contributed by atoms with Crippen LogP contribution in [0.15, 0.2) is 21.6 Å². The number of rotatable bonds is 4. The molecule has 0 fully saturated rings. The Morgan fingerprint density at radius 3 is 2.67 bits per heavy atom. The lowest BCUT2D eigenvalue weighted by molar-refractivity contribution is 0.580. The molecule has 0 aromatic carbocycles. The van der Waals surface area contributed by atoms with Gasteiger partial charge in [-0.2, -0.15) is 5.10 Å². The Balaban J connectivity index is 2.28. The summed E-state index contributed by atoms with van der Waals surface area (Å²) >= 11 is 9.05. The second kappa shape index (κ2) is 6.04. The largest absolute Gasteiger partial charge is 0.272 e. The predicted molar refractivity (Wildman–Crippen MR) is 83.7 cm³/mol. The lowest BCUT2D eigenvalue weighted by Crippen LogP contribution is -2.24. The van der Waals surface area contributed by atoms with Gasteiger partial charge in [-0.1, -0.05) is 11.6 Å². The minimum Gasteiger partial charge on any atom is -0.272 e. The molecule has 9 heteroatoms. The molecule has 2 aromatic rings. The Labute approximate surface area is 136 Å². The highest BCUT2D eigenvalue weighted by molar-refractivity contribution is 9.10. The molecule has 2 rings (SSSR count). The fraction of sp³-hybridized carbons (Fsp3) is 0.333. The zero-order valence-electron chi connectivity index (χ0n) is 11.7. The summed E-state index contributed by atoms with van der Waals surface area (Å²) in [6.07, 6.45) is 1.44. The number of nitrogens with one attached hydrogen (secondary N) is 1. The fourth-order valence-corrected chi connectivity index (χ4v) is 3.85. The van der Waals surface area contributed by atoms with Crippen LogP contribution >= 0.6 is 27.5 Å². The van der Waals surface area contributed by atoms with Gasteiger partial charge in [0.15, 0.2) is 0 Å². The minimum absolute atomic E-state index is 0.0576. The fourth-order valence-electron chi connectivity index (χ4n) is 1.91. The third kappa shape index (κ3) is 3.45. The number of pyridine rings is 1. The average molecular weight is 394 g/mol. The van der Waals surface area contributed by atoms with Crippen molar-refractivity contribution in [1.82, 2.24) is 19.5 Å². The van der Waals surface area contributed by atoms with Crippen molar-refractivity contribution in [3.8, 4) is 0 Å². The Bertz CT molecular complexity index is 789. The summed E-state index contributed by atoms with van der Waals surface area (Å²) in [6.45, 7) is 3.87. The Kier molecular flexibility index (Phi) is 4.72. The van der Waals surface area contributed by atoms with E-state index in [2.05, 4.69) is 30.7 Å². The molecule has 0 aliphatic carbocycles. The second-order valence-electron chi connectivity index (χ2n) is 4.54. The topological polar surface area (TPSA) is 76.9 Å². The number of hydrogen-bond acceptors (Lipinski definition) is 4. The predicted octanol–water partition coefficient (Wildman–Crippen LogP) is 2.33. The Morgan fingerprint density at radius 2 is 2.10 bits per heavy atom. The first-order valence-electron chi connectivity index (χ1n) is 6.02. The molecule has 0 spiro atoms. The van der Waals surface area contributed by atoms with Crippen molar-refractivity contribution >= 4 is 37.6 Å². The second-order valence-corrected chi connectivity index (χ2v) is 7.55. The van der Waals surface area contributed by atoms with Crippen molar-refractivity contribution in [2.24, 2.45) is 7.05 Å². The molecular formula is C12H14BrClN4O2S. The average Bonchev–Trinajstić information content (AvgIpc) is 2.64. The third-order valence-corrected chi connectivity index (χ3v) is 5.42. The highest BCUT2D eigenvalue weighted by Gasteiger charge is 2.20. The van der Waals surface area contributed by atoms with E-state index in [9.17, 15) is 8.42 Å². The van der Waals surface area contributed by atoms with Crippen LogP contribution in [0.4, 0.5) is 0 Å². The molecular weight excluding hydrogens is 380 g/mol. The molecule has 0 saturated heterocycles. The van der Waals surface area contributed by atoms with Gasteiger partial charge in [-0.15, -0.1) is 0 Å². The van der Waals surface area contributed by atoms with Crippen LogP contribution in [0.3, 0.4) is 0 Å². The molecule has 2 heterocycles. The van der Waals surface area contributed by atoms with E-state index in [1.54, 1.807) is 4.68 Å². The van der Waals surface area contributed by atoms with E-state index in [1.165, 1.54) is 12.3 Å².